The number of fused-ring (bicyclic) bond motifs is 1. The van der Waals surface area contributed by atoms with E-state index in [1.54, 1.807) is 18.9 Å². The van der Waals surface area contributed by atoms with Crippen LogP contribution in [0.2, 0.25) is 0 Å². The van der Waals surface area contributed by atoms with Crippen molar-refractivity contribution in [3.63, 3.8) is 0 Å². The Labute approximate surface area is 245 Å². The normalized spacial score (nSPS) is 16.5. The van der Waals surface area contributed by atoms with Crippen LogP contribution in [0.5, 0.6) is 0 Å². The Kier molecular flexibility index (Phi) is 8.75. The lowest BCUT2D eigenvalue weighted by Crippen LogP contribution is -2.57. The van der Waals surface area contributed by atoms with E-state index in [0.29, 0.717) is 31.5 Å². The first kappa shape index (κ1) is 30.4. The van der Waals surface area contributed by atoms with Gasteiger partial charge in [-0.1, -0.05) is 44.9 Å². The highest BCUT2D eigenvalue weighted by Gasteiger charge is 2.43. The molecular weight excluding hydrogens is 536 g/mol. The van der Waals surface area contributed by atoms with E-state index >= 15 is 0 Å². The molecule has 1 aliphatic rings. The molecule has 0 aliphatic carbocycles. The molecule has 0 saturated carbocycles. The van der Waals surface area contributed by atoms with Gasteiger partial charge in [0, 0.05) is 43.0 Å². The SMILES string of the molecule is C#CCn1cc(-c2oc([C@@H]3CCCN3C(=O)[C@@H](NC(=O)[C@H](C)N(C)N=C)C(C)(C)C)nc2C(=O)OC)c2ccccc21. The van der Waals surface area contributed by atoms with E-state index in [2.05, 4.69) is 28.0 Å². The molecule has 222 valence electrons. The molecule has 3 heterocycles. The number of oxazole rings is 1. The summed E-state index contributed by atoms with van der Waals surface area (Å²) in [4.78, 5) is 46.2. The van der Waals surface area contributed by atoms with Gasteiger partial charge < -0.3 is 23.9 Å². The van der Waals surface area contributed by atoms with E-state index in [1.165, 1.54) is 12.1 Å². The third-order valence-corrected chi connectivity index (χ3v) is 7.70. The van der Waals surface area contributed by atoms with Gasteiger partial charge in [-0.05, 0) is 31.2 Å². The average Bonchev–Trinajstić information content (AvgIpc) is 3.71. The van der Waals surface area contributed by atoms with Crippen LogP contribution in [0.25, 0.3) is 22.2 Å². The molecule has 0 radical (unpaired) electrons. The fourth-order valence-corrected chi connectivity index (χ4v) is 5.21. The van der Waals surface area contributed by atoms with Gasteiger partial charge in [-0.2, -0.15) is 5.10 Å². The molecule has 2 aromatic heterocycles. The van der Waals surface area contributed by atoms with Gasteiger partial charge in [-0.25, -0.2) is 9.78 Å². The first-order valence-corrected chi connectivity index (χ1v) is 13.8. The van der Waals surface area contributed by atoms with Gasteiger partial charge in [0.15, 0.2) is 11.5 Å². The molecule has 11 heteroatoms. The Morgan fingerprint density at radius 2 is 2.05 bits per heavy atom. The van der Waals surface area contributed by atoms with Crippen molar-refractivity contribution >= 4 is 35.4 Å². The minimum Gasteiger partial charge on any atom is -0.464 e. The number of rotatable bonds is 9. The molecule has 0 unspecified atom stereocenters. The molecule has 1 aromatic carbocycles. The van der Waals surface area contributed by atoms with Gasteiger partial charge in [-0.15, -0.1) is 6.42 Å². The van der Waals surface area contributed by atoms with Crippen LogP contribution in [-0.2, 0) is 20.9 Å². The number of nitrogens with zero attached hydrogens (tertiary/aromatic N) is 5. The second kappa shape index (κ2) is 12.1. The second-order valence-corrected chi connectivity index (χ2v) is 11.5. The number of nitrogens with one attached hydrogen (secondary N) is 1. The molecule has 2 amide bonds. The summed E-state index contributed by atoms with van der Waals surface area (Å²) in [6.45, 7) is 11.6. The molecule has 3 aromatic rings. The number of carbonyl (C=O) groups excluding carboxylic acids is 3. The number of likely N-dealkylation sites (tertiary alicyclic amines) is 1. The van der Waals surface area contributed by atoms with Crippen LogP contribution in [0.15, 0.2) is 40.0 Å². The molecule has 1 saturated heterocycles. The van der Waals surface area contributed by atoms with Gasteiger partial charge in [0.05, 0.1) is 13.7 Å². The number of carbonyl (C=O) groups is 3. The van der Waals surface area contributed by atoms with Crippen molar-refractivity contribution in [2.75, 3.05) is 20.7 Å². The van der Waals surface area contributed by atoms with Crippen molar-refractivity contribution in [2.24, 2.45) is 10.5 Å². The smallest absolute Gasteiger partial charge is 0.360 e. The third kappa shape index (κ3) is 5.75. The summed E-state index contributed by atoms with van der Waals surface area (Å²) in [7, 11) is 2.93. The number of benzene rings is 1. The number of hydrazone groups is 1. The van der Waals surface area contributed by atoms with E-state index in [1.807, 2.05) is 55.8 Å². The van der Waals surface area contributed by atoms with Crippen LogP contribution in [0.4, 0.5) is 0 Å². The maximum atomic E-state index is 14.1. The van der Waals surface area contributed by atoms with Crippen LogP contribution in [0.1, 0.15) is 63.0 Å². The molecular formula is C31H38N6O5. The third-order valence-electron chi connectivity index (χ3n) is 7.70. The standard InChI is InChI=1S/C31H38N6O5/c1-9-16-36-18-21(20-13-10-11-14-22(20)36)25-24(30(40)41-8)33-28(42-25)23-15-12-17-37(23)29(39)26(31(3,4)5)34-27(38)19(2)35(7)32-6/h1,10-11,13-14,18-19,23,26H,6,12,15-17H2,2-5,7-8H3,(H,34,38)/t19-,23-,26+/m0/s1. The number of aromatic nitrogens is 2. The van der Waals surface area contributed by atoms with Crippen molar-refractivity contribution < 1.29 is 23.5 Å². The first-order chi connectivity index (χ1) is 19.9. The number of methoxy groups -OCH3 is 1. The van der Waals surface area contributed by atoms with Crippen LogP contribution in [0, 0.1) is 17.8 Å². The molecule has 11 nitrogen and oxygen atoms in total. The van der Waals surface area contributed by atoms with E-state index in [-0.39, 0.29) is 29.2 Å². The predicted octanol–water partition coefficient (Wildman–Crippen LogP) is 3.85. The Morgan fingerprint density at radius 1 is 1.33 bits per heavy atom. The average molecular weight is 575 g/mol. The lowest BCUT2D eigenvalue weighted by Gasteiger charge is -2.36. The summed E-state index contributed by atoms with van der Waals surface area (Å²) in [5.41, 5.74) is 0.944. The van der Waals surface area contributed by atoms with Gasteiger partial charge in [0.2, 0.25) is 17.7 Å². The lowest BCUT2D eigenvalue weighted by atomic mass is 9.85. The van der Waals surface area contributed by atoms with Gasteiger partial charge in [0.1, 0.15) is 18.1 Å². The van der Waals surface area contributed by atoms with Crippen molar-refractivity contribution in [1.82, 2.24) is 24.8 Å². The Balaban J connectivity index is 1.73. The number of hydrogen-bond donors (Lipinski definition) is 1. The molecule has 0 spiro atoms. The molecule has 1 aliphatic heterocycles. The van der Waals surface area contributed by atoms with Gasteiger partial charge >= 0.3 is 5.97 Å². The molecule has 1 fully saturated rings. The first-order valence-electron chi connectivity index (χ1n) is 13.8. The summed E-state index contributed by atoms with van der Waals surface area (Å²) >= 11 is 0. The highest BCUT2D eigenvalue weighted by molar-refractivity contribution is 6.01. The zero-order valence-electron chi connectivity index (χ0n) is 25.0. The highest BCUT2D eigenvalue weighted by atomic mass is 16.5. The monoisotopic (exact) mass is 574 g/mol. The van der Waals surface area contributed by atoms with E-state index < -0.39 is 29.5 Å². The van der Waals surface area contributed by atoms with Gasteiger partial charge in [-0.3, -0.25) is 14.6 Å². The number of terminal acetylenes is 1. The number of hydrogen-bond acceptors (Lipinski definition) is 8. The molecule has 0 bridgehead atoms. The summed E-state index contributed by atoms with van der Waals surface area (Å²) < 4.78 is 13.3. The Hall–Kier alpha value is -4.59. The van der Waals surface area contributed by atoms with Crippen molar-refractivity contribution in [3.05, 3.63) is 42.0 Å². The topological polar surface area (TPSA) is 122 Å². The number of esters is 1. The van der Waals surface area contributed by atoms with E-state index in [9.17, 15) is 14.4 Å². The largest absolute Gasteiger partial charge is 0.464 e. The second-order valence-electron chi connectivity index (χ2n) is 11.5. The number of ether oxygens (including phenoxy) is 1. The van der Waals surface area contributed by atoms with Crippen molar-refractivity contribution in [1.29, 1.82) is 0 Å². The fourth-order valence-electron chi connectivity index (χ4n) is 5.21. The zero-order chi connectivity index (χ0) is 30.8. The number of likely N-dealkylation sites (N-methyl/N-ethyl adjacent to an activating group) is 1. The predicted molar refractivity (Wildman–Crippen MR) is 159 cm³/mol. The van der Waals surface area contributed by atoms with E-state index in [0.717, 1.165) is 10.9 Å². The molecule has 4 rings (SSSR count). The summed E-state index contributed by atoms with van der Waals surface area (Å²) in [5, 5.41) is 8.99. The van der Waals surface area contributed by atoms with Crippen LogP contribution >= 0.6 is 0 Å². The van der Waals surface area contributed by atoms with Crippen molar-refractivity contribution in [2.45, 2.75) is 65.2 Å². The zero-order valence-corrected chi connectivity index (χ0v) is 25.0. The van der Waals surface area contributed by atoms with E-state index in [4.69, 9.17) is 15.6 Å². The quantitative estimate of drug-likeness (QED) is 0.178. The summed E-state index contributed by atoms with van der Waals surface area (Å²) in [6.07, 6.45) is 8.71. The fraction of sp³-hybridized carbons (Fsp3) is 0.452. The van der Waals surface area contributed by atoms with Crippen LogP contribution in [-0.4, -0.2) is 76.7 Å². The maximum absolute atomic E-state index is 14.1. The molecule has 3 atom stereocenters. The Morgan fingerprint density at radius 3 is 2.69 bits per heavy atom. The van der Waals surface area contributed by atoms with Crippen LogP contribution < -0.4 is 5.32 Å². The van der Waals surface area contributed by atoms with Gasteiger partial charge in [0.25, 0.3) is 0 Å². The maximum Gasteiger partial charge on any atom is 0.360 e. The number of para-hydroxylation sites is 1. The highest BCUT2D eigenvalue weighted by Crippen LogP contribution is 2.39. The number of amides is 2. The molecule has 42 heavy (non-hydrogen) atoms. The van der Waals surface area contributed by atoms with Crippen LogP contribution in [0.3, 0.4) is 0 Å². The summed E-state index contributed by atoms with van der Waals surface area (Å²) in [6, 6.07) is 5.67. The minimum absolute atomic E-state index is 0.0184. The minimum atomic E-state index is -0.831. The Bertz CT molecular complexity index is 1540. The van der Waals surface area contributed by atoms with Crippen molar-refractivity contribution in [3.8, 4) is 23.7 Å². The summed E-state index contributed by atoms with van der Waals surface area (Å²) in [5.74, 6) is 1.87. The molecule has 1 N–H and O–H groups in total. The lowest BCUT2D eigenvalue weighted by molar-refractivity contribution is -0.141.